The maximum absolute atomic E-state index is 13.4. The minimum absolute atomic E-state index is 0.151. The summed E-state index contributed by atoms with van der Waals surface area (Å²) in [6.07, 6.45) is 5.23. The third kappa shape index (κ3) is 5.39. The zero-order chi connectivity index (χ0) is 24.2. The average molecular weight is 474 g/mol. The highest BCUT2D eigenvalue weighted by atomic mass is 16.5. The number of aromatic amines is 2. The van der Waals surface area contributed by atoms with Crippen LogP contribution in [0.4, 0.5) is 11.5 Å². The van der Waals surface area contributed by atoms with Gasteiger partial charge in [-0.3, -0.25) is 14.5 Å². The molecule has 0 spiro atoms. The largest absolute Gasteiger partial charge is 0.379 e. The summed E-state index contributed by atoms with van der Waals surface area (Å²) in [6.45, 7) is 6.08. The first-order chi connectivity index (χ1) is 17.0. The fraction of sp³-hybridized carbons (Fsp3) is 0.280. The number of aryl methyl sites for hydroxylation is 1. The number of nitrogens with zero attached hydrogens (tertiary/aromatic N) is 3. The number of amides is 1. The SMILES string of the molecule is Cc1cc(=O)[nH]c2ccc(NC(=O)c3cc(CN4CCOCC4)cnc3NCc3ncc[nH]3)cc12. The number of morpholine rings is 1. The Bertz CT molecular complexity index is 1390. The van der Waals surface area contributed by atoms with Crippen molar-refractivity contribution in [2.24, 2.45) is 0 Å². The Hall–Kier alpha value is -4.02. The lowest BCUT2D eigenvalue weighted by Gasteiger charge is -2.26. The van der Waals surface area contributed by atoms with Crippen molar-refractivity contribution in [3.05, 3.63) is 81.8 Å². The van der Waals surface area contributed by atoms with Gasteiger partial charge in [0.15, 0.2) is 0 Å². The van der Waals surface area contributed by atoms with Gasteiger partial charge in [0.05, 0.1) is 25.3 Å². The molecule has 1 aliphatic rings. The van der Waals surface area contributed by atoms with Crippen LogP contribution in [0, 0.1) is 6.92 Å². The van der Waals surface area contributed by atoms with Gasteiger partial charge in [-0.05, 0) is 42.3 Å². The molecule has 0 aliphatic carbocycles. The lowest BCUT2D eigenvalue weighted by molar-refractivity contribution is 0.0341. The van der Waals surface area contributed by atoms with Gasteiger partial charge in [-0.15, -0.1) is 0 Å². The van der Waals surface area contributed by atoms with E-state index in [0.29, 0.717) is 43.4 Å². The lowest BCUT2D eigenvalue weighted by atomic mass is 10.1. The van der Waals surface area contributed by atoms with Gasteiger partial charge in [-0.1, -0.05) is 0 Å². The molecule has 4 heterocycles. The van der Waals surface area contributed by atoms with Crippen LogP contribution in [0.5, 0.6) is 0 Å². The van der Waals surface area contributed by atoms with E-state index < -0.39 is 0 Å². The van der Waals surface area contributed by atoms with Crippen molar-refractivity contribution in [3.8, 4) is 0 Å². The van der Waals surface area contributed by atoms with Crippen molar-refractivity contribution in [3.63, 3.8) is 0 Å². The molecule has 0 radical (unpaired) electrons. The Morgan fingerprint density at radius 3 is 2.83 bits per heavy atom. The second-order valence-corrected chi connectivity index (χ2v) is 8.55. The number of ether oxygens (including phenoxy) is 1. The lowest BCUT2D eigenvalue weighted by Crippen LogP contribution is -2.35. The molecule has 10 heteroatoms. The van der Waals surface area contributed by atoms with Crippen LogP contribution in [-0.2, 0) is 17.8 Å². The number of anilines is 2. The van der Waals surface area contributed by atoms with Crippen LogP contribution in [0.1, 0.15) is 27.3 Å². The third-order valence-corrected chi connectivity index (χ3v) is 5.98. The fourth-order valence-electron chi connectivity index (χ4n) is 4.19. The monoisotopic (exact) mass is 473 g/mol. The molecular formula is C25H27N7O3. The summed E-state index contributed by atoms with van der Waals surface area (Å²) < 4.78 is 5.44. The summed E-state index contributed by atoms with van der Waals surface area (Å²) in [4.78, 5) is 42.1. The van der Waals surface area contributed by atoms with Crippen LogP contribution in [0.2, 0.25) is 0 Å². The van der Waals surface area contributed by atoms with Gasteiger partial charge < -0.3 is 25.3 Å². The Kier molecular flexibility index (Phi) is 6.55. The van der Waals surface area contributed by atoms with Gasteiger partial charge in [-0.25, -0.2) is 9.97 Å². The predicted octanol–water partition coefficient (Wildman–Crippen LogP) is 2.65. The summed E-state index contributed by atoms with van der Waals surface area (Å²) in [5, 5.41) is 7.08. The molecule has 5 rings (SSSR count). The maximum atomic E-state index is 13.4. The number of carbonyl (C=O) groups is 1. The Labute approximate surface area is 201 Å². The number of rotatable bonds is 7. The molecule has 1 amide bonds. The van der Waals surface area contributed by atoms with Crippen LogP contribution in [0.25, 0.3) is 10.9 Å². The Morgan fingerprint density at radius 1 is 1.17 bits per heavy atom. The number of fused-ring (bicyclic) bond motifs is 1. The molecule has 4 N–H and O–H groups in total. The number of pyridine rings is 2. The van der Waals surface area contributed by atoms with Gasteiger partial charge in [0.1, 0.15) is 11.6 Å². The molecule has 4 aromatic rings. The molecule has 1 aromatic carbocycles. The first kappa shape index (κ1) is 22.8. The van der Waals surface area contributed by atoms with Crippen LogP contribution >= 0.6 is 0 Å². The Balaban J connectivity index is 1.41. The second kappa shape index (κ2) is 10.1. The number of imidazole rings is 1. The zero-order valence-electron chi connectivity index (χ0n) is 19.4. The van der Waals surface area contributed by atoms with Gasteiger partial charge in [-0.2, -0.15) is 0 Å². The van der Waals surface area contributed by atoms with E-state index in [0.717, 1.165) is 40.9 Å². The molecule has 0 atom stereocenters. The van der Waals surface area contributed by atoms with Gasteiger partial charge in [0.2, 0.25) is 5.56 Å². The van der Waals surface area contributed by atoms with E-state index in [9.17, 15) is 9.59 Å². The average Bonchev–Trinajstić information content (AvgIpc) is 3.38. The highest BCUT2D eigenvalue weighted by Crippen LogP contribution is 2.22. The van der Waals surface area contributed by atoms with Crippen molar-refractivity contribution in [2.45, 2.75) is 20.0 Å². The van der Waals surface area contributed by atoms with Crippen molar-refractivity contribution in [1.82, 2.24) is 24.8 Å². The molecule has 10 nitrogen and oxygen atoms in total. The number of hydrogen-bond donors (Lipinski definition) is 4. The van der Waals surface area contributed by atoms with Crippen LogP contribution in [0.3, 0.4) is 0 Å². The van der Waals surface area contributed by atoms with Gasteiger partial charge in [0, 0.05) is 60.9 Å². The summed E-state index contributed by atoms with van der Waals surface area (Å²) in [5.41, 5.74) is 3.45. The summed E-state index contributed by atoms with van der Waals surface area (Å²) >= 11 is 0. The van der Waals surface area contributed by atoms with E-state index in [-0.39, 0.29) is 11.5 Å². The molecule has 1 saturated heterocycles. The molecular weight excluding hydrogens is 446 g/mol. The van der Waals surface area contributed by atoms with Crippen LogP contribution < -0.4 is 16.2 Å². The molecule has 180 valence electrons. The first-order valence-electron chi connectivity index (χ1n) is 11.5. The molecule has 1 aliphatic heterocycles. The predicted molar refractivity (Wildman–Crippen MR) is 134 cm³/mol. The summed E-state index contributed by atoms with van der Waals surface area (Å²) in [5.74, 6) is 0.949. The molecule has 0 unspecified atom stereocenters. The summed E-state index contributed by atoms with van der Waals surface area (Å²) in [7, 11) is 0. The Morgan fingerprint density at radius 2 is 2.03 bits per heavy atom. The minimum atomic E-state index is -0.273. The van der Waals surface area contributed by atoms with E-state index in [1.54, 1.807) is 36.8 Å². The quantitative estimate of drug-likeness (QED) is 0.325. The van der Waals surface area contributed by atoms with Crippen molar-refractivity contribution in [2.75, 3.05) is 36.9 Å². The van der Waals surface area contributed by atoms with Crippen LogP contribution in [0.15, 0.2) is 53.7 Å². The molecule has 35 heavy (non-hydrogen) atoms. The minimum Gasteiger partial charge on any atom is -0.379 e. The van der Waals surface area contributed by atoms with Crippen molar-refractivity contribution < 1.29 is 9.53 Å². The third-order valence-electron chi connectivity index (χ3n) is 5.98. The highest BCUT2D eigenvalue weighted by molar-refractivity contribution is 6.08. The van der Waals surface area contributed by atoms with E-state index in [1.165, 1.54) is 0 Å². The maximum Gasteiger partial charge on any atom is 0.259 e. The van der Waals surface area contributed by atoms with Crippen molar-refractivity contribution in [1.29, 1.82) is 0 Å². The van der Waals surface area contributed by atoms with E-state index in [4.69, 9.17) is 4.74 Å². The molecule has 3 aromatic heterocycles. The van der Waals surface area contributed by atoms with E-state index >= 15 is 0 Å². The molecule has 1 fully saturated rings. The fourth-order valence-corrected chi connectivity index (χ4v) is 4.19. The van der Waals surface area contributed by atoms with Crippen molar-refractivity contribution >= 4 is 28.3 Å². The smallest absolute Gasteiger partial charge is 0.259 e. The second-order valence-electron chi connectivity index (χ2n) is 8.55. The number of benzene rings is 1. The van der Waals surface area contributed by atoms with Gasteiger partial charge >= 0.3 is 0 Å². The number of carbonyl (C=O) groups excluding carboxylic acids is 1. The zero-order valence-corrected chi connectivity index (χ0v) is 19.4. The molecule has 0 bridgehead atoms. The standard InChI is InChI=1S/C25H27N7O3/c1-16-10-23(33)31-21-3-2-18(12-19(16)21)30-25(34)20-11-17(15-32-6-8-35-9-7-32)13-28-24(20)29-14-22-26-4-5-27-22/h2-5,10-13H,6-9,14-15H2,1H3,(H,26,27)(H,28,29)(H,30,34)(H,31,33). The number of aromatic nitrogens is 4. The van der Waals surface area contributed by atoms with E-state index in [1.807, 2.05) is 19.1 Å². The van der Waals surface area contributed by atoms with Crippen LogP contribution in [-0.4, -0.2) is 57.0 Å². The summed E-state index contributed by atoms with van der Waals surface area (Å²) in [6, 6.07) is 8.86. The topological polar surface area (TPSA) is 128 Å². The first-order valence-corrected chi connectivity index (χ1v) is 11.5. The number of nitrogens with one attached hydrogen (secondary N) is 4. The number of H-pyrrole nitrogens is 2. The van der Waals surface area contributed by atoms with E-state index in [2.05, 4.69) is 35.5 Å². The number of hydrogen-bond acceptors (Lipinski definition) is 7. The highest BCUT2D eigenvalue weighted by Gasteiger charge is 2.17. The van der Waals surface area contributed by atoms with Gasteiger partial charge in [0.25, 0.3) is 5.91 Å². The molecule has 0 saturated carbocycles. The normalized spacial score (nSPS) is 14.2.